The van der Waals surface area contributed by atoms with Crippen LogP contribution in [0.25, 0.3) is 0 Å². The zero-order valence-corrected chi connectivity index (χ0v) is 19.6. The zero-order valence-electron chi connectivity index (χ0n) is 18.7. The van der Waals surface area contributed by atoms with Crippen LogP contribution in [0.5, 0.6) is 5.75 Å². The maximum Gasteiger partial charge on any atom is 0.255 e. The molecule has 0 unspecified atom stereocenters. The molecule has 0 aromatic heterocycles. The summed E-state index contributed by atoms with van der Waals surface area (Å²) in [5.41, 5.74) is 1.90. The van der Waals surface area contributed by atoms with Crippen LogP contribution in [-0.2, 0) is 16.6 Å². The first-order valence-corrected chi connectivity index (χ1v) is 11.8. The van der Waals surface area contributed by atoms with Gasteiger partial charge in [-0.2, -0.15) is 4.31 Å². The van der Waals surface area contributed by atoms with E-state index in [2.05, 4.69) is 5.32 Å². The van der Waals surface area contributed by atoms with Crippen molar-refractivity contribution in [1.82, 2.24) is 4.31 Å². The van der Waals surface area contributed by atoms with E-state index in [0.717, 1.165) is 5.56 Å². The standard InChI is InChI=1S/C25H26N2O5S/c1-4-27(17-19-9-6-5-7-10-19)33(30,31)24-16-21(13-14-23(24)32-3)25(29)26-22-12-8-11-20(15-22)18(2)28/h5-16H,4,17H2,1-3H3,(H,26,29). The van der Waals surface area contributed by atoms with Gasteiger partial charge in [-0.3, -0.25) is 9.59 Å². The van der Waals surface area contributed by atoms with Crippen LogP contribution in [0.3, 0.4) is 0 Å². The minimum Gasteiger partial charge on any atom is -0.495 e. The molecule has 1 N–H and O–H groups in total. The number of hydrogen-bond donors (Lipinski definition) is 1. The van der Waals surface area contributed by atoms with E-state index in [1.165, 1.54) is 36.5 Å². The largest absolute Gasteiger partial charge is 0.495 e. The highest BCUT2D eigenvalue weighted by molar-refractivity contribution is 7.89. The maximum atomic E-state index is 13.5. The first kappa shape index (κ1) is 24.2. The number of sulfonamides is 1. The molecular formula is C25H26N2O5S. The van der Waals surface area contributed by atoms with Crippen LogP contribution in [0.2, 0.25) is 0 Å². The summed E-state index contributed by atoms with van der Waals surface area (Å²) in [6.07, 6.45) is 0. The number of amides is 1. The van der Waals surface area contributed by atoms with E-state index in [9.17, 15) is 18.0 Å². The Hall–Kier alpha value is -3.49. The highest BCUT2D eigenvalue weighted by Gasteiger charge is 2.28. The Balaban J connectivity index is 1.93. The summed E-state index contributed by atoms with van der Waals surface area (Å²) in [6, 6.07) is 20.1. The third kappa shape index (κ3) is 5.66. The molecule has 0 atom stereocenters. The average Bonchev–Trinajstić information content (AvgIpc) is 2.82. The van der Waals surface area contributed by atoms with Gasteiger partial charge in [0.15, 0.2) is 5.78 Å². The van der Waals surface area contributed by atoms with Gasteiger partial charge in [-0.25, -0.2) is 8.42 Å². The van der Waals surface area contributed by atoms with Gasteiger partial charge in [0.05, 0.1) is 7.11 Å². The second-order valence-electron chi connectivity index (χ2n) is 7.37. The number of carbonyl (C=O) groups is 2. The number of ketones is 1. The third-order valence-electron chi connectivity index (χ3n) is 5.13. The molecule has 0 aliphatic rings. The summed E-state index contributed by atoms with van der Waals surface area (Å²) in [5, 5.41) is 2.71. The molecule has 3 aromatic rings. The fourth-order valence-corrected chi connectivity index (χ4v) is 4.95. The van der Waals surface area contributed by atoms with Crippen molar-refractivity contribution in [1.29, 1.82) is 0 Å². The summed E-state index contributed by atoms with van der Waals surface area (Å²) in [6.45, 7) is 3.63. The van der Waals surface area contributed by atoms with Crippen LogP contribution in [0.15, 0.2) is 77.7 Å². The number of nitrogens with zero attached hydrogens (tertiary/aromatic N) is 1. The topological polar surface area (TPSA) is 92.8 Å². The number of methoxy groups -OCH3 is 1. The molecule has 0 aliphatic carbocycles. The second kappa shape index (κ2) is 10.4. The van der Waals surface area contributed by atoms with Crippen molar-refractivity contribution in [3.05, 3.63) is 89.5 Å². The first-order valence-electron chi connectivity index (χ1n) is 10.4. The van der Waals surface area contributed by atoms with E-state index < -0.39 is 15.9 Å². The third-order valence-corrected chi connectivity index (χ3v) is 7.07. The van der Waals surface area contributed by atoms with E-state index in [1.807, 2.05) is 30.3 Å². The predicted molar refractivity (Wildman–Crippen MR) is 127 cm³/mol. The van der Waals surface area contributed by atoms with E-state index in [0.29, 0.717) is 11.3 Å². The quantitative estimate of drug-likeness (QED) is 0.473. The van der Waals surface area contributed by atoms with E-state index >= 15 is 0 Å². The molecule has 8 heteroatoms. The van der Waals surface area contributed by atoms with Crippen molar-refractivity contribution >= 4 is 27.4 Å². The molecule has 33 heavy (non-hydrogen) atoms. The van der Waals surface area contributed by atoms with Crippen molar-refractivity contribution in [3.8, 4) is 5.75 Å². The van der Waals surface area contributed by atoms with Gasteiger partial charge in [0.2, 0.25) is 10.0 Å². The van der Waals surface area contributed by atoms with Crippen LogP contribution < -0.4 is 10.1 Å². The Morgan fingerprint density at radius 2 is 1.67 bits per heavy atom. The van der Waals surface area contributed by atoms with Gasteiger partial charge < -0.3 is 10.1 Å². The molecule has 0 bridgehead atoms. The molecule has 0 spiro atoms. The van der Waals surface area contributed by atoms with Crippen molar-refractivity contribution in [3.63, 3.8) is 0 Å². The smallest absolute Gasteiger partial charge is 0.255 e. The molecule has 0 aliphatic heterocycles. The molecule has 7 nitrogen and oxygen atoms in total. The van der Waals surface area contributed by atoms with Gasteiger partial charge in [0.25, 0.3) is 5.91 Å². The summed E-state index contributed by atoms with van der Waals surface area (Å²) in [7, 11) is -2.57. The number of anilines is 1. The molecule has 0 fully saturated rings. The fourth-order valence-electron chi connectivity index (χ4n) is 3.33. The van der Waals surface area contributed by atoms with Crippen molar-refractivity contribution in [2.24, 2.45) is 0 Å². The fraction of sp³-hybridized carbons (Fsp3) is 0.200. The molecular weight excluding hydrogens is 440 g/mol. The van der Waals surface area contributed by atoms with Gasteiger partial charge in [-0.15, -0.1) is 0 Å². The van der Waals surface area contributed by atoms with Gasteiger partial charge in [0, 0.05) is 29.9 Å². The van der Waals surface area contributed by atoms with Gasteiger partial charge >= 0.3 is 0 Å². The van der Waals surface area contributed by atoms with Crippen molar-refractivity contribution in [2.45, 2.75) is 25.3 Å². The van der Waals surface area contributed by atoms with E-state index in [-0.39, 0.29) is 35.1 Å². The van der Waals surface area contributed by atoms with Crippen molar-refractivity contribution < 1.29 is 22.7 Å². The Labute approximate surface area is 194 Å². The van der Waals surface area contributed by atoms with Gasteiger partial charge in [-0.05, 0) is 42.8 Å². The SMILES string of the molecule is CCN(Cc1ccccc1)S(=O)(=O)c1cc(C(=O)Nc2cccc(C(C)=O)c2)ccc1OC. The molecule has 0 saturated carbocycles. The molecule has 0 saturated heterocycles. The number of ether oxygens (including phenoxy) is 1. The second-order valence-corrected chi connectivity index (χ2v) is 9.28. The normalized spacial score (nSPS) is 11.3. The Morgan fingerprint density at radius 1 is 0.939 bits per heavy atom. The summed E-state index contributed by atoms with van der Waals surface area (Å²) in [4.78, 5) is 24.4. The first-order chi connectivity index (χ1) is 15.8. The Kier molecular flexibility index (Phi) is 7.63. The monoisotopic (exact) mass is 466 g/mol. The van der Waals surface area contributed by atoms with Crippen LogP contribution in [0.1, 0.15) is 40.1 Å². The number of benzene rings is 3. The number of Topliss-reactive ketones (excluding diaryl/α,β-unsaturated/α-hetero) is 1. The van der Waals surface area contributed by atoms with Crippen molar-refractivity contribution in [2.75, 3.05) is 19.0 Å². The Morgan fingerprint density at radius 3 is 2.30 bits per heavy atom. The lowest BCUT2D eigenvalue weighted by atomic mass is 10.1. The van der Waals surface area contributed by atoms with Crippen LogP contribution in [0, 0.1) is 0 Å². The lowest BCUT2D eigenvalue weighted by molar-refractivity contribution is 0.101. The molecule has 0 heterocycles. The molecule has 0 radical (unpaired) electrons. The van der Waals surface area contributed by atoms with Crippen LogP contribution in [-0.4, -0.2) is 38.1 Å². The Bertz CT molecular complexity index is 1260. The molecule has 3 rings (SSSR count). The van der Waals surface area contributed by atoms with Gasteiger partial charge in [0.1, 0.15) is 10.6 Å². The highest BCUT2D eigenvalue weighted by atomic mass is 32.2. The van der Waals surface area contributed by atoms with Crippen LogP contribution >= 0.6 is 0 Å². The summed E-state index contributed by atoms with van der Waals surface area (Å²) >= 11 is 0. The number of hydrogen-bond acceptors (Lipinski definition) is 5. The number of nitrogens with one attached hydrogen (secondary N) is 1. The summed E-state index contributed by atoms with van der Waals surface area (Å²) < 4.78 is 33.6. The minimum atomic E-state index is -3.96. The summed E-state index contributed by atoms with van der Waals surface area (Å²) in [5.74, 6) is -0.473. The molecule has 1 amide bonds. The van der Waals surface area contributed by atoms with E-state index in [4.69, 9.17) is 4.74 Å². The minimum absolute atomic E-state index is 0.0899. The zero-order chi connectivity index (χ0) is 24.0. The predicted octanol–water partition coefficient (Wildman–Crippen LogP) is 4.36. The lowest BCUT2D eigenvalue weighted by Crippen LogP contribution is -2.31. The average molecular weight is 467 g/mol. The number of rotatable bonds is 9. The highest BCUT2D eigenvalue weighted by Crippen LogP contribution is 2.29. The lowest BCUT2D eigenvalue weighted by Gasteiger charge is -2.22. The number of carbonyl (C=O) groups excluding carboxylic acids is 2. The molecule has 3 aromatic carbocycles. The van der Waals surface area contributed by atoms with E-state index in [1.54, 1.807) is 31.2 Å². The van der Waals surface area contributed by atoms with Gasteiger partial charge in [-0.1, -0.05) is 49.4 Å². The molecule has 172 valence electrons. The van der Waals surface area contributed by atoms with Crippen LogP contribution in [0.4, 0.5) is 5.69 Å². The maximum absolute atomic E-state index is 13.5.